The first-order chi connectivity index (χ1) is 11.1. The third kappa shape index (κ3) is 4.67. The lowest BCUT2D eigenvalue weighted by Gasteiger charge is -2.38. The molecule has 0 aliphatic carbocycles. The predicted octanol–water partition coefficient (Wildman–Crippen LogP) is 0.358. The van der Waals surface area contributed by atoms with Crippen LogP contribution >= 0.6 is 0 Å². The molecule has 3 N–H and O–H groups in total. The van der Waals surface area contributed by atoms with E-state index >= 15 is 0 Å². The van der Waals surface area contributed by atoms with Gasteiger partial charge in [-0.3, -0.25) is 4.79 Å². The average molecular weight is 321 g/mol. The summed E-state index contributed by atoms with van der Waals surface area (Å²) in [5.41, 5.74) is -0.296. The molecule has 1 aromatic rings. The molecule has 128 valence electrons. The SMILES string of the molecule is CNCCNCC1(O)CCCN(Cc2cccc(OC)c2)C1=O. The Bertz CT molecular complexity index is 524. The number of likely N-dealkylation sites (tertiary alicyclic amines) is 1. The number of carbonyl (C=O) groups excluding carboxylic acids is 1. The highest BCUT2D eigenvalue weighted by Crippen LogP contribution is 2.24. The molecule has 6 heteroatoms. The van der Waals surface area contributed by atoms with Gasteiger partial charge in [0.15, 0.2) is 5.60 Å². The Balaban J connectivity index is 1.98. The summed E-state index contributed by atoms with van der Waals surface area (Å²) in [4.78, 5) is 14.4. The van der Waals surface area contributed by atoms with Gasteiger partial charge in [-0.15, -0.1) is 0 Å². The molecule has 6 nitrogen and oxygen atoms in total. The largest absolute Gasteiger partial charge is 0.497 e. The number of rotatable bonds is 8. The van der Waals surface area contributed by atoms with Crippen LogP contribution in [-0.4, -0.2) is 61.9 Å². The maximum Gasteiger partial charge on any atom is 0.256 e. The molecule has 0 spiro atoms. The average Bonchev–Trinajstić information content (AvgIpc) is 2.56. The van der Waals surface area contributed by atoms with Gasteiger partial charge >= 0.3 is 0 Å². The molecule has 1 unspecified atom stereocenters. The summed E-state index contributed by atoms with van der Waals surface area (Å²) in [7, 11) is 3.50. The molecule has 0 bridgehead atoms. The molecule has 1 aliphatic rings. The smallest absolute Gasteiger partial charge is 0.256 e. The third-order valence-corrected chi connectivity index (χ3v) is 4.18. The second-order valence-corrected chi connectivity index (χ2v) is 5.99. The summed E-state index contributed by atoms with van der Waals surface area (Å²) in [5.74, 6) is 0.583. The van der Waals surface area contributed by atoms with Crippen LogP contribution in [0.5, 0.6) is 5.75 Å². The fourth-order valence-electron chi connectivity index (χ4n) is 2.88. The van der Waals surface area contributed by atoms with Crippen LogP contribution < -0.4 is 15.4 Å². The number of hydrogen-bond donors (Lipinski definition) is 3. The standard InChI is InChI=1S/C17H27N3O3/c1-18-8-9-19-13-17(22)7-4-10-20(16(17)21)12-14-5-3-6-15(11-14)23-2/h3,5-6,11,18-19,22H,4,7-10,12-13H2,1-2H3. The molecule has 1 atom stereocenters. The van der Waals surface area contributed by atoms with E-state index in [1.54, 1.807) is 12.0 Å². The summed E-state index contributed by atoms with van der Waals surface area (Å²) in [6, 6.07) is 7.68. The van der Waals surface area contributed by atoms with E-state index in [1.807, 2.05) is 31.3 Å². The minimum Gasteiger partial charge on any atom is -0.497 e. The lowest BCUT2D eigenvalue weighted by molar-refractivity contribution is -0.157. The van der Waals surface area contributed by atoms with Gasteiger partial charge in [0.05, 0.1) is 7.11 Å². The highest BCUT2D eigenvalue weighted by molar-refractivity contribution is 5.86. The molecule has 1 saturated heterocycles. The number of amides is 1. The van der Waals surface area contributed by atoms with Crippen molar-refractivity contribution in [1.82, 2.24) is 15.5 Å². The molecular weight excluding hydrogens is 294 g/mol. The lowest BCUT2D eigenvalue weighted by atomic mass is 9.91. The fraction of sp³-hybridized carbons (Fsp3) is 0.588. The van der Waals surface area contributed by atoms with Crippen LogP contribution in [0.2, 0.25) is 0 Å². The number of benzene rings is 1. The van der Waals surface area contributed by atoms with Crippen molar-refractivity contribution >= 4 is 5.91 Å². The summed E-state index contributed by atoms with van der Waals surface area (Å²) in [6.45, 7) is 2.99. The van der Waals surface area contributed by atoms with Crippen molar-refractivity contribution in [3.05, 3.63) is 29.8 Å². The van der Waals surface area contributed by atoms with Crippen molar-refractivity contribution in [1.29, 1.82) is 0 Å². The van der Waals surface area contributed by atoms with Crippen molar-refractivity contribution < 1.29 is 14.6 Å². The highest BCUT2D eigenvalue weighted by atomic mass is 16.5. The van der Waals surface area contributed by atoms with E-state index < -0.39 is 5.60 Å². The molecule has 1 amide bonds. The molecule has 1 heterocycles. The van der Waals surface area contributed by atoms with Crippen LogP contribution in [-0.2, 0) is 11.3 Å². The topological polar surface area (TPSA) is 73.8 Å². The second kappa shape index (κ2) is 8.29. The Morgan fingerprint density at radius 2 is 2.22 bits per heavy atom. The molecular formula is C17H27N3O3. The quantitative estimate of drug-likeness (QED) is 0.603. The first-order valence-corrected chi connectivity index (χ1v) is 8.09. The summed E-state index contributed by atoms with van der Waals surface area (Å²) in [5, 5.41) is 16.9. The Hall–Kier alpha value is -1.63. The third-order valence-electron chi connectivity index (χ3n) is 4.18. The van der Waals surface area contributed by atoms with E-state index in [-0.39, 0.29) is 5.91 Å². The number of aliphatic hydroxyl groups is 1. The second-order valence-electron chi connectivity index (χ2n) is 5.99. The fourth-order valence-corrected chi connectivity index (χ4v) is 2.88. The summed E-state index contributed by atoms with van der Waals surface area (Å²) >= 11 is 0. The first-order valence-electron chi connectivity index (χ1n) is 8.09. The van der Waals surface area contributed by atoms with Crippen LogP contribution in [0.1, 0.15) is 18.4 Å². The van der Waals surface area contributed by atoms with Crippen LogP contribution in [0.15, 0.2) is 24.3 Å². The number of ether oxygens (including phenoxy) is 1. The van der Waals surface area contributed by atoms with E-state index in [4.69, 9.17) is 4.74 Å². The van der Waals surface area contributed by atoms with Gasteiger partial charge in [0.25, 0.3) is 5.91 Å². The Kier molecular flexibility index (Phi) is 6.38. The number of hydrogen-bond acceptors (Lipinski definition) is 5. The summed E-state index contributed by atoms with van der Waals surface area (Å²) in [6.07, 6.45) is 1.31. The number of methoxy groups -OCH3 is 1. The molecule has 0 radical (unpaired) electrons. The normalized spacial score (nSPS) is 21.5. The van der Waals surface area contributed by atoms with Crippen molar-refractivity contribution in [2.24, 2.45) is 0 Å². The van der Waals surface area contributed by atoms with Gasteiger partial charge in [-0.25, -0.2) is 0 Å². The lowest BCUT2D eigenvalue weighted by Crippen LogP contribution is -2.58. The maximum absolute atomic E-state index is 12.7. The molecule has 1 fully saturated rings. The van der Waals surface area contributed by atoms with Gasteiger partial charge in [0.1, 0.15) is 5.75 Å². The van der Waals surface area contributed by atoms with Crippen molar-refractivity contribution in [3.8, 4) is 5.75 Å². The Morgan fingerprint density at radius 1 is 1.39 bits per heavy atom. The Labute approximate surface area is 137 Å². The highest BCUT2D eigenvalue weighted by Gasteiger charge is 2.41. The Morgan fingerprint density at radius 3 is 2.96 bits per heavy atom. The van der Waals surface area contributed by atoms with Crippen LogP contribution in [0.3, 0.4) is 0 Å². The monoisotopic (exact) mass is 321 g/mol. The molecule has 0 saturated carbocycles. The first kappa shape index (κ1) is 17.7. The van der Waals surface area contributed by atoms with Crippen molar-refractivity contribution in [3.63, 3.8) is 0 Å². The number of nitrogens with zero attached hydrogens (tertiary/aromatic N) is 1. The molecule has 1 aliphatic heterocycles. The van der Waals surface area contributed by atoms with E-state index in [0.717, 1.165) is 30.8 Å². The molecule has 0 aromatic heterocycles. The van der Waals surface area contributed by atoms with Crippen LogP contribution in [0.25, 0.3) is 0 Å². The van der Waals surface area contributed by atoms with Crippen molar-refractivity contribution in [2.45, 2.75) is 25.0 Å². The van der Waals surface area contributed by atoms with E-state index in [1.165, 1.54) is 0 Å². The maximum atomic E-state index is 12.7. The minimum absolute atomic E-state index is 0.191. The number of piperidine rings is 1. The van der Waals surface area contributed by atoms with E-state index in [9.17, 15) is 9.90 Å². The van der Waals surface area contributed by atoms with Gasteiger partial charge in [-0.05, 0) is 37.6 Å². The zero-order chi connectivity index (χ0) is 16.7. The van der Waals surface area contributed by atoms with Crippen LogP contribution in [0.4, 0.5) is 0 Å². The molecule has 23 heavy (non-hydrogen) atoms. The molecule has 1 aromatic carbocycles. The van der Waals surface area contributed by atoms with Gasteiger partial charge in [0.2, 0.25) is 0 Å². The van der Waals surface area contributed by atoms with Gasteiger partial charge in [-0.2, -0.15) is 0 Å². The number of nitrogens with one attached hydrogen (secondary N) is 2. The number of likely N-dealkylation sites (N-methyl/N-ethyl adjacent to an activating group) is 1. The van der Waals surface area contributed by atoms with Gasteiger partial charge in [-0.1, -0.05) is 12.1 Å². The number of carbonyl (C=O) groups is 1. The van der Waals surface area contributed by atoms with Gasteiger partial charge < -0.3 is 25.4 Å². The zero-order valence-corrected chi connectivity index (χ0v) is 14.0. The molecule has 2 rings (SSSR count). The van der Waals surface area contributed by atoms with E-state index in [0.29, 0.717) is 26.1 Å². The summed E-state index contributed by atoms with van der Waals surface area (Å²) < 4.78 is 5.22. The minimum atomic E-state index is -1.30. The van der Waals surface area contributed by atoms with E-state index in [2.05, 4.69) is 10.6 Å². The van der Waals surface area contributed by atoms with Crippen LogP contribution in [0, 0.1) is 0 Å². The van der Waals surface area contributed by atoms with Gasteiger partial charge in [0, 0.05) is 32.7 Å². The zero-order valence-electron chi connectivity index (χ0n) is 14.0. The predicted molar refractivity (Wildman–Crippen MR) is 89.4 cm³/mol. The van der Waals surface area contributed by atoms with Crippen molar-refractivity contribution in [2.75, 3.05) is 40.3 Å².